The van der Waals surface area contributed by atoms with Crippen LogP contribution in [0.3, 0.4) is 0 Å². The third kappa shape index (κ3) is 2.87. The van der Waals surface area contributed by atoms with Gasteiger partial charge in [-0.25, -0.2) is 0 Å². The molecule has 3 heteroatoms. The summed E-state index contributed by atoms with van der Waals surface area (Å²) in [6.07, 6.45) is 1.67. The van der Waals surface area contributed by atoms with E-state index in [0.29, 0.717) is 6.54 Å². The molecule has 0 unspecified atom stereocenters. The van der Waals surface area contributed by atoms with Gasteiger partial charge in [-0.2, -0.15) is 0 Å². The fourth-order valence-electron chi connectivity index (χ4n) is 2.28. The molecular weight excluding hydrogens is 262 g/mol. The Bertz CT molecular complexity index is 789. The summed E-state index contributed by atoms with van der Waals surface area (Å²) >= 11 is 0. The molecule has 21 heavy (non-hydrogen) atoms. The lowest BCUT2D eigenvalue weighted by Gasteiger charge is -2.07. The first-order chi connectivity index (χ1) is 10.2. The van der Waals surface area contributed by atoms with E-state index in [1.807, 2.05) is 42.5 Å². The number of pyridine rings is 1. The third-order valence-electron chi connectivity index (χ3n) is 3.41. The molecule has 3 aromatic rings. The van der Waals surface area contributed by atoms with E-state index in [2.05, 4.69) is 12.1 Å². The Kier molecular flexibility index (Phi) is 3.56. The first kappa shape index (κ1) is 13.2. The fourth-order valence-corrected chi connectivity index (χ4v) is 2.28. The zero-order chi connectivity index (χ0) is 14.7. The van der Waals surface area contributed by atoms with Crippen molar-refractivity contribution in [3.8, 4) is 16.9 Å². The smallest absolute Gasteiger partial charge is 0.292 e. The van der Waals surface area contributed by atoms with E-state index in [1.165, 1.54) is 16.2 Å². The van der Waals surface area contributed by atoms with Crippen molar-refractivity contribution in [1.29, 1.82) is 0 Å². The summed E-state index contributed by atoms with van der Waals surface area (Å²) in [4.78, 5) is 11.8. The van der Waals surface area contributed by atoms with Crippen LogP contribution >= 0.6 is 0 Å². The van der Waals surface area contributed by atoms with E-state index in [1.54, 1.807) is 12.3 Å². The van der Waals surface area contributed by atoms with E-state index in [0.717, 1.165) is 11.1 Å². The van der Waals surface area contributed by atoms with Gasteiger partial charge in [0, 0.05) is 6.20 Å². The molecule has 0 saturated heterocycles. The lowest BCUT2D eigenvalue weighted by atomic mass is 10.0. The first-order valence-corrected chi connectivity index (χ1v) is 6.77. The zero-order valence-corrected chi connectivity index (χ0v) is 11.4. The van der Waals surface area contributed by atoms with Crippen molar-refractivity contribution in [3.05, 3.63) is 88.8 Å². The van der Waals surface area contributed by atoms with Gasteiger partial charge in [-0.3, -0.25) is 4.79 Å². The van der Waals surface area contributed by atoms with Crippen molar-refractivity contribution in [2.75, 3.05) is 0 Å². The minimum Gasteiger partial charge on any atom is -0.503 e. The van der Waals surface area contributed by atoms with Gasteiger partial charge >= 0.3 is 0 Å². The Morgan fingerprint density at radius 3 is 2.19 bits per heavy atom. The highest BCUT2D eigenvalue weighted by Gasteiger charge is 2.02. The number of hydrogen-bond donors (Lipinski definition) is 1. The summed E-state index contributed by atoms with van der Waals surface area (Å²) in [5, 5.41) is 9.44. The van der Waals surface area contributed by atoms with Gasteiger partial charge in [0.1, 0.15) is 0 Å². The van der Waals surface area contributed by atoms with E-state index in [4.69, 9.17) is 0 Å². The van der Waals surface area contributed by atoms with Crippen LogP contribution in [-0.2, 0) is 6.54 Å². The maximum Gasteiger partial charge on any atom is 0.292 e. The van der Waals surface area contributed by atoms with Crippen LogP contribution in [0.25, 0.3) is 11.1 Å². The van der Waals surface area contributed by atoms with E-state index < -0.39 is 0 Å². The molecule has 0 aliphatic heterocycles. The molecule has 0 bridgehead atoms. The Labute approximate surface area is 122 Å². The molecule has 1 heterocycles. The van der Waals surface area contributed by atoms with E-state index in [9.17, 15) is 9.90 Å². The molecule has 0 aliphatic rings. The van der Waals surface area contributed by atoms with Gasteiger partial charge in [0.15, 0.2) is 5.75 Å². The number of rotatable bonds is 3. The quantitative estimate of drug-likeness (QED) is 0.798. The molecule has 3 nitrogen and oxygen atoms in total. The van der Waals surface area contributed by atoms with Crippen LogP contribution < -0.4 is 5.56 Å². The maximum absolute atomic E-state index is 11.8. The number of aromatic hydroxyl groups is 1. The van der Waals surface area contributed by atoms with Crippen molar-refractivity contribution in [3.63, 3.8) is 0 Å². The average Bonchev–Trinajstić information content (AvgIpc) is 2.53. The van der Waals surface area contributed by atoms with Gasteiger partial charge in [0.05, 0.1) is 6.54 Å². The standard InChI is InChI=1S/C18H15NO2/c20-17-7-4-12-19(18(17)21)13-14-8-10-16(11-9-14)15-5-2-1-3-6-15/h1-12,20H,13H2. The van der Waals surface area contributed by atoms with Crippen molar-refractivity contribution >= 4 is 0 Å². The molecule has 0 fully saturated rings. The van der Waals surface area contributed by atoms with Crippen molar-refractivity contribution in [1.82, 2.24) is 4.57 Å². The molecule has 2 aromatic carbocycles. The Balaban J connectivity index is 1.85. The summed E-state index contributed by atoms with van der Waals surface area (Å²) in [5.74, 6) is -0.224. The first-order valence-electron chi connectivity index (χ1n) is 6.77. The summed E-state index contributed by atoms with van der Waals surface area (Å²) < 4.78 is 1.49. The Morgan fingerprint density at radius 2 is 1.48 bits per heavy atom. The van der Waals surface area contributed by atoms with Gasteiger partial charge in [-0.15, -0.1) is 0 Å². The molecule has 1 aromatic heterocycles. The Morgan fingerprint density at radius 1 is 0.810 bits per heavy atom. The molecule has 0 amide bonds. The predicted molar refractivity (Wildman–Crippen MR) is 83.3 cm³/mol. The lowest BCUT2D eigenvalue weighted by Crippen LogP contribution is -2.18. The zero-order valence-electron chi connectivity index (χ0n) is 11.4. The minimum absolute atomic E-state index is 0.224. The molecule has 1 N–H and O–H groups in total. The van der Waals surface area contributed by atoms with Crippen LogP contribution in [0.5, 0.6) is 5.75 Å². The van der Waals surface area contributed by atoms with Crippen LogP contribution in [-0.4, -0.2) is 9.67 Å². The largest absolute Gasteiger partial charge is 0.503 e. The van der Waals surface area contributed by atoms with E-state index >= 15 is 0 Å². The van der Waals surface area contributed by atoms with E-state index in [-0.39, 0.29) is 11.3 Å². The predicted octanol–water partition coefficient (Wildman–Crippen LogP) is 3.27. The average molecular weight is 277 g/mol. The molecule has 0 spiro atoms. The number of aromatic nitrogens is 1. The van der Waals surface area contributed by atoms with Gasteiger partial charge in [-0.1, -0.05) is 54.6 Å². The molecular formula is C18H15NO2. The second-order valence-electron chi connectivity index (χ2n) is 4.89. The maximum atomic E-state index is 11.8. The fraction of sp³-hybridized carbons (Fsp3) is 0.0556. The SMILES string of the molecule is O=c1c(O)cccn1Cc1ccc(-c2ccccc2)cc1. The van der Waals surface area contributed by atoms with Gasteiger partial charge in [0.2, 0.25) is 0 Å². The minimum atomic E-state index is -0.371. The number of benzene rings is 2. The van der Waals surface area contributed by atoms with Crippen LogP contribution in [0.2, 0.25) is 0 Å². The van der Waals surface area contributed by atoms with Crippen LogP contribution in [0, 0.1) is 0 Å². The Hall–Kier alpha value is -2.81. The molecule has 0 aliphatic carbocycles. The van der Waals surface area contributed by atoms with Crippen LogP contribution in [0.15, 0.2) is 77.7 Å². The molecule has 0 atom stereocenters. The van der Waals surface area contributed by atoms with Crippen molar-refractivity contribution in [2.45, 2.75) is 6.54 Å². The van der Waals surface area contributed by atoms with Crippen LogP contribution in [0.1, 0.15) is 5.56 Å². The highest BCUT2D eigenvalue weighted by molar-refractivity contribution is 5.63. The molecule has 0 radical (unpaired) electrons. The number of hydrogen-bond acceptors (Lipinski definition) is 2. The van der Waals surface area contributed by atoms with Gasteiger partial charge < -0.3 is 9.67 Å². The second kappa shape index (κ2) is 5.67. The topological polar surface area (TPSA) is 42.2 Å². The lowest BCUT2D eigenvalue weighted by molar-refractivity contribution is 0.459. The summed E-state index contributed by atoms with van der Waals surface area (Å²) in [6, 6.07) is 21.3. The molecule has 0 saturated carbocycles. The van der Waals surface area contributed by atoms with Crippen LogP contribution in [0.4, 0.5) is 0 Å². The monoisotopic (exact) mass is 277 g/mol. The summed E-state index contributed by atoms with van der Waals surface area (Å²) in [6.45, 7) is 0.447. The van der Waals surface area contributed by atoms with Gasteiger partial charge in [0.25, 0.3) is 5.56 Å². The summed E-state index contributed by atoms with van der Waals surface area (Å²) in [5.41, 5.74) is 2.95. The second-order valence-corrected chi connectivity index (χ2v) is 4.89. The normalized spacial score (nSPS) is 10.5. The highest BCUT2D eigenvalue weighted by Crippen LogP contribution is 2.19. The third-order valence-corrected chi connectivity index (χ3v) is 3.41. The van der Waals surface area contributed by atoms with Gasteiger partial charge in [-0.05, 0) is 28.8 Å². The summed E-state index contributed by atoms with van der Waals surface area (Å²) in [7, 11) is 0. The molecule has 104 valence electrons. The van der Waals surface area contributed by atoms with Crippen molar-refractivity contribution in [2.24, 2.45) is 0 Å². The number of nitrogens with zero attached hydrogens (tertiary/aromatic N) is 1. The van der Waals surface area contributed by atoms with Crippen molar-refractivity contribution < 1.29 is 5.11 Å². The highest BCUT2D eigenvalue weighted by atomic mass is 16.3. The molecule has 3 rings (SSSR count).